The molecule has 0 unspecified atom stereocenters. The minimum atomic E-state index is -0.0445. The number of nitrogens with one attached hydrogen (secondary N) is 2. The summed E-state index contributed by atoms with van der Waals surface area (Å²) in [6, 6.07) is 0. The lowest BCUT2D eigenvalue weighted by molar-refractivity contribution is -0.116. The second kappa shape index (κ2) is 7.78. The molecular weight excluding hydrogens is 206 g/mol. The molecule has 6 nitrogen and oxygen atoms in total. The van der Waals surface area contributed by atoms with Crippen molar-refractivity contribution in [1.82, 2.24) is 20.6 Å². The zero-order valence-electron chi connectivity index (χ0n) is 9.70. The molecule has 0 atom stereocenters. The van der Waals surface area contributed by atoms with E-state index in [1.165, 1.54) is 25.7 Å². The molecule has 0 saturated carbocycles. The fourth-order valence-corrected chi connectivity index (χ4v) is 1.47. The van der Waals surface area contributed by atoms with Gasteiger partial charge < -0.3 is 0 Å². The van der Waals surface area contributed by atoms with Crippen molar-refractivity contribution in [2.45, 2.75) is 51.9 Å². The molecule has 2 N–H and O–H groups in total. The second-order valence-corrected chi connectivity index (χ2v) is 3.80. The van der Waals surface area contributed by atoms with Gasteiger partial charge in [0.1, 0.15) is 0 Å². The third-order valence-corrected chi connectivity index (χ3v) is 2.35. The second-order valence-electron chi connectivity index (χ2n) is 3.80. The van der Waals surface area contributed by atoms with E-state index in [-0.39, 0.29) is 11.9 Å². The summed E-state index contributed by atoms with van der Waals surface area (Å²) in [4.78, 5) is 11.4. The monoisotopic (exact) mass is 225 g/mol. The number of rotatable bonds is 8. The van der Waals surface area contributed by atoms with Gasteiger partial charge in [-0.1, -0.05) is 44.1 Å². The average Bonchev–Trinajstić information content (AvgIpc) is 2.76. The first-order valence-corrected chi connectivity index (χ1v) is 5.86. The normalized spacial score (nSPS) is 10.3. The molecule has 0 aromatic carbocycles. The topological polar surface area (TPSA) is 83.6 Å². The number of hydrogen-bond donors (Lipinski definition) is 2. The molecule has 1 amide bonds. The van der Waals surface area contributed by atoms with Gasteiger partial charge in [0.2, 0.25) is 5.91 Å². The number of aromatic amines is 1. The first kappa shape index (κ1) is 12.6. The molecule has 6 heteroatoms. The third kappa shape index (κ3) is 5.43. The first-order chi connectivity index (χ1) is 7.83. The summed E-state index contributed by atoms with van der Waals surface area (Å²) in [5, 5.41) is 15.5. The molecule has 0 bridgehead atoms. The maximum atomic E-state index is 11.4. The fraction of sp³-hybridized carbons (Fsp3) is 0.800. The lowest BCUT2D eigenvalue weighted by Gasteiger charge is -2.00. The molecule has 1 rings (SSSR count). The van der Waals surface area contributed by atoms with E-state index in [1.807, 2.05) is 0 Å². The van der Waals surface area contributed by atoms with E-state index in [0.717, 1.165) is 12.8 Å². The largest absolute Gasteiger partial charge is 0.292 e. The lowest BCUT2D eigenvalue weighted by atomic mass is 10.1. The van der Waals surface area contributed by atoms with Crippen LogP contribution in [0.2, 0.25) is 0 Å². The number of carbonyl (C=O) groups excluding carboxylic acids is 1. The summed E-state index contributed by atoms with van der Waals surface area (Å²) in [6.07, 6.45) is 7.58. The first-order valence-electron chi connectivity index (χ1n) is 5.86. The summed E-state index contributed by atoms with van der Waals surface area (Å²) in [7, 11) is 0. The van der Waals surface area contributed by atoms with Gasteiger partial charge in [0.15, 0.2) is 0 Å². The number of unbranched alkanes of at least 4 members (excludes halogenated alkanes) is 5. The molecule has 0 aliphatic rings. The Morgan fingerprint density at radius 1 is 1.25 bits per heavy atom. The van der Waals surface area contributed by atoms with Crippen LogP contribution in [-0.4, -0.2) is 26.5 Å². The predicted molar refractivity (Wildman–Crippen MR) is 60.8 cm³/mol. The van der Waals surface area contributed by atoms with E-state index in [9.17, 15) is 4.79 Å². The van der Waals surface area contributed by atoms with Crippen LogP contribution in [0.15, 0.2) is 0 Å². The number of aromatic nitrogens is 4. The van der Waals surface area contributed by atoms with Gasteiger partial charge in [0, 0.05) is 6.42 Å². The third-order valence-electron chi connectivity index (χ3n) is 2.35. The van der Waals surface area contributed by atoms with Crippen LogP contribution in [0, 0.1) is 0 Å². The van der Waals surface area contributed by atoms with Gasteiger partial charge in [-0.25, -0.2) is 0 Å². The molecule has 0 aliphatic heterocycles. The van der Waals surface area contributed by atoms with Gasteiger partial charge in [-0.15, -0.1) is 5.10 Å². The van der Waals surface area contributed by atoms with Gasteiger partial charge in [-0.05, 0) is 11.6 Å². The minimum absolute atomic E-state index is 0.0445. The van der Waals surface area contributed by atoms with Crippen molar-refractivity contribution in [2.24, 2.45) is 0 Å². The van der Waals surface area contributed by atoms with Crippen LogP contribution in [0.3, 0.4) is 0 Å². The molecule has 0 aliphatic carbocycles. The standard InChI is InChI=1S/C10H19N5O/c1-2-3-4-5-6-7-8-9(16)11-10-12-14-15-13-10/h2-8H2,1H3,(H2,11,12,13,14,15,16). The van der Waals surface area contributed by atoms with Crippen molar-refractivity contribution in [3.63, 3.8) is 0 Å². The smallest absolute Gasteiger partial charge is 0.269 e. The molecule has 0 radical (unpaired) electrons. The molecule has 1 aromatic heterocycles. The fourth-order valence-electron chi connectivity index (χ4n) is 1.47. The summed E-state index contributed by atoms with van der Waals surface area (Å²) in [5.41, 5.74) is 0. The molecule has 0 fully saturated rings. The van der Waals surface area contributed by atoms with Crippen LogP contribution < -0.4 is 5.32 Å². The van der Waals surface area contributed by atoms with Crippen molar-refractivity contribution in [3.05, 3.63) is 0 Å². The Morgan fingerprint density at radius 2 is 2.00 bits per heavy atom. The van der Waals surface area contributed by atoms with E-state index in [4.69, 9.17) is 0 Å². The Kier molecular flexibility index (Phi) is 6.13. The minimum Gasteiger partial charge on any atom is -0.292 e. The number of tetrazole rings is 1. The lowest BCUT2D eigenvalue weighted by Crippen LogP contribution is -2.12. The van der Waals surface area contributed by atoms with Crippen molar-refractivity contribution in [3.8, 4) is 0 Å². The van der Waals surface area contributed by atoms with Gasteiger partial charge in [0.25, 0.3) is 5.95 Å². The molecule has 16 heavy (non-hydrogen) atoms. The van der Waals surface area contributed by atoms with Crippen molar-refractivity contribution < 1.29 is 4.79 Å². The summed E-state index contributed by atoms with van der Waals surface area (Å²) < 4.78 is 0. The number of hydrogen-bond acceptors (Lipinski definition) is 4. The van der Waals surface area contributed by atoms with E-state index < -0.39 is 0 Å². The highest BCUT2D eigenvalue weighted by Gasteiger charge is 2.04. The number of H-pyrrole nitrogens is 1. The highest BCUT2D eigenvalue weighted by molar-refractivity contribution is 5.88. The summed E-state index contributed by atoms with van der Waals surface area (Å²) in [6.45, 7) is 2.19. The van der Waals surface area contributed by atoms with Gasteiger partial charge in [-0.2, -0.15) is 5.21 Å². The van der Waals surface area contributed by atoms with E-state index in [0.29, 0.717) is 6.42 Å². The number of carbonyl (C=O) groups is 1. The molecule has 1 aromatic rings. The van der Waals surface area contributed by atoms with Crippen LogP contribution in [0.25, 0.3) is 0 Å². The SMILES string of the molecule is CCCCCCCCC(=O)Nc1nn[nH]n1. The molecule has 1 heterocycles. The number of amides is 1. The molecule has 0 spiro atoms. The Balaban J connectivity index is 1.98. The van der Waals surface area contributed by atoms with Crippen molar-refractivity contribution in [1.29, 1.82) is 0 Å². The van der Waals surface area contributed by atoms with Gasteiger partial charge in [-0.3, -0.25) is 10.1 Å². The molecule has 90 valence electrons. The summed E-state index contributed by atoms with van der Waals surface area (Å²) >= 11 is 0. The van der Waals surface area contributed by atoms with Crippen LogP contribution >= 0.6 is 0 Å². The Morgan fingerprint density at radius 3 is 2.69 bits per heavy atom. The van der Waals surface area contributed by atoms with Gasteiger partial charge in [0.05, 0.1) is 0 Å². The van der Waals surface area contributed by atoms with Crippen molar-refractivity contribution in [2.75, 3.05) is 5.32 Å². The maximum Gasteiger partial charge on any atom is 0.269 e. The molecular formula is C10H19N5O. The number of nitrogens with zero attached hydrogens (tertiary/aromatic N) is 3. The average molecular weight is 225 g/mol. The predicted octanol–water partition coefficient (Wildman–Crippen LogP) is 1.89. The Labute approximate surface area is 95.2 Å². The van der Waals surface area contributed by atoms with E-state index in [2.05, 4.69) is 32.9 Å². The van der Waals surface area contributed by atoms with E-state index >= 15 is 0 Å². The Bertz CT molecular complexity index is 285. The summed E-state index contributed by atoms with van der Waals surface area (Å²) in [5.74, 6) is 0.202. The van der Waals surface area contributed by atoms with Crippen LogP contribution in [0.1, 0.15) is 51.9 Å². The number of anilines is 1. The Hall–Kier alpha value is -1.46. The van der Waals surface area contributed by atoms with E-state index in [1.54, 1.807) is 0 Å². The van der Waals surface area contributed by atoms with Crippen LogP contribution in [0.4, 0.5) is 5.95 Å². The van der Waals surface area contributed by atoms with Crippen LogP contribution in [0.5, 0.6) is 0 Å². The highest BCUT2D eigenvalue weighted by Crippen LogP contribution is 2.07. The van der Waals surface area contributed by atoms with Gasteiger partial charge >= 0.3 is 0 Å². The molecule has 0 saturated heterocycles. The quantitative estimate of drug-likeness (QED) is 0.662. The zero-order valence-corrected chi connectivity index (χ0v) is 9.70. The maximum absolute atomic E-state index is 11.4. The zero-order chi connectivity index (χ0) is 11.6. The highest BCUT2D eigenvalue weighted by atomic mass is 16.1. The van der Waals surface area contributed by atoms with Crippen molar-refractivity contribution >= 4 is 11.9 Å². The van der Waals surface area contributed by atoms with Crippen LogP contribution in [-0.2, 0) is 4.79 Å².